The van der Waals surface area contributed by atoms with Crippen molar-refractivity contribution < 1.29 is 18.8 Å². The molecule has 0 radical (unpaired) electrons. The van der Waals surface area contributed by atoms with E-state index in [0.29, 0.717) is 18.4 Å². The number of nitrogens with one attached hydrogen (secondary N) is 2. The number of benzene rings is 1. The Balaban J connectivity index is 1.28. The summed E-state index contributed by atoms with van der Waals surface area (Å²) in [4.78, 5) is 38.4. The molecule has 4 rings (SSSR count). The fourth-order valence-electron chi connectivity index (χ4n) is 4.36. The molecule has 4 amide bonds. The average molecular weight is 373 g/mol. The van der Waals surface area contributed by atoms with Gasteiger partial charge in [-0.3, -0.25) is 14.5 Å². The van der Waals surface area contributed by atoms with Gasteiger partial charge in [0, 0.05) is 24.7 Å². The lowest BCUT2D eigenvalue weighted by atomic mass is 9.74. The van der Waals surface area contributed by atoms with Crippen LogP contribution in [0.15, 0.2) is 24.3 Å². The number of rotatable bonds is 5. The van der Waals surface area contributed by atoms with E-state index in [1.54, 1.807) is 0 Å². The standard InChI is InChI=1S/C20H24FN3O3/c21-14-4-1-3-13(11-14)17(25)22-9-2-10-24-18(26)15-12-20(7-8-20)6-5-16(15)23-19(24)27/h1,3-4,11,15-16H,2,5-10,12H2,(H,22,25)(H,23,27)/t15-,16+/m0/s1. The van der Waals surface area contributed by atoms with Crippen molar-refractivity contribution in [3.8, 4) is 0 Å². The Morgan fingerprint density at radius 2 is 2.11 bits per heavy atom. The van der Waals surface area contributed by atoms with Crippen LogP contribution in [0.5, 0.6) is 0 Å². The van der Waals surface area contributed by atoms with Crippen molar-refractivity contribution in [1.29, 1.82) is 0 Å². The molecule has 2 saturated carbocycles. The van der Waals surface area contributed by atoms with Gasteiger partial charge < -0.3 is 10.6 Å². The molecule has 27 heavy (non-hydrogen) atoms. The summed E-state index contributed by atoms with van der Waals surface area (Å²) in [5, 5.41) is 5.68. The highest BCUT2D eigenvalue weighted by atomic mass is 19.1. The Morgan fingerprint density at radius 1 is 1.30 bits per heavy atom. The molecule has 0 unspecified atom stereocenters. The van der Waals surface area contributed by atoms with E-state index in [4.69, 9.17) is 0 Å². The molecular formula is C20H24FN3O3. The van der Waals surface area contributed by atoms with Crippen LogP contribution in [-0.4, -0.2) is 41.9 Å². The summed E-state index contributed by atoms with van der Waals surface area (Å²) in [6.45, 7) is 0.578. The molecule has 1 aromatic rings. The van der Waals surface area contributed by atoms with Crippen molar-refractivity contribution >= 4 is 17.8 Å². The number of imide groups is 1. The molecule has 144 valence electrons. The van der Waals surface area contributed by atoms with Crippen LogP contribution in [0, 0.1) is 17.2 Å². The SMILES string of the molecule is O=C(NCCCN1C(=O)N[C@@H]2CCC3(CC3)C[C@@H]2C1=O)c1cccc(F)c1. The minimum atomic E-state index is -0.464. The number of fused-ring (bicyclic) bond motifs is 1. The number of carbonyl (C=O) groups is 3. The van der Waals surface area contributed by atoms with Gasteiger partial charge in [0.05, 0.1) is 5.92 Å². The summed E-state index contributed by atoms with van der Waals surface area (Å²) in [5.74, 6) is -1.02. The van der Waals surface area contributed by atoms with Gasteiger partial charge in [0.2, 0.25) is 5.91 Å². The first kappa shape index (κ1) is 17.9. The number of urea groups is 1. The van der Waals surface area contributed by atoms with Crippen molar-refractivity contribution in [2.75, 3.05) is 13.1 Å². The summed E-state index contributed by atoms with van der Waals surface area (Å²) in [6, 6.07) is 5.12. The number of hydrogen-bond acceptors (Lipinski definition) is 3. The van der Waals surface area contributed by atoms with Crippen LogP contribution in [0.25, 0.3) is 0 Å². The number of carbonyl (C=O) groups excluding carboxylic acids is 3. The first-order chi connectivity index (χ1) is 13.0. The van der Waals surface area contributed by atoms with E-state index in [1.807, 2.05) is 0 Å². The summed E-state index contributed by atoms with van der Waals surface area (Å²) in [7, 11) is 0. The number of halogens is 1. The third-order valence-corrected chi connectivity index (χ3v) is 6.15. The lowest BCUT2D eigenvalue weighted by molar-refractivity contribution is -0.137. The Bertz CT molecular complexity index is 777. The first-order valence-corrected chi connectivity index (χ1v) is 9.63. The van der Waals surface area contributed by atoms with Gasteiger partial charge in [0.15, 0.2) is 0 Å². The van der Waals surface area contributed by atoms with Crippen molar-refractivity contribution in [3.63, 3.8) is 0 Å². The van der Waals surface area contributed by atoms with Crippen LogP contribution in [0.1, 0.15) is 48.9 Å². The van der Waals surface area contributed by atoms with Gasteiger partial charge in [-0.25, -0.2) is 9.18 Å². The molecule has 1 aromatic carbocycles. The van der Waals surface area contributed by atoms with Gasteiger partial charge in [-0.15, -0.1) is 0 Å². The molecule has 7 heteroatoms. The minimum absolute atomic E-state index is 0.0276. The molecule has 2 atom stereocenters. The van der Waals surface area contributed by atoms with E-state index in [9.17, 15) is 18.8 Å². The van der Waals surface area contributed by atoms with Crippen molar-refractivity contribution in [2.24, 2.45) is 11.3 Å². The zero-order valence-electron chi connectivity index (χ0n) is 15.2. The fourth-order valence-corrected chi connectivity index (χ4v) is 4.36. The van der Waals surface area contributed by atoms with Crippen LogP contribution in [0.2, 0.25) is 0 Å². The quantitative estimate of drug-likeness (QED) is 0.778. The van der Waals surface area contributed by atoms with Crippen LogP contribution in [-0.2, 0) is 4.79 Å². The van der Waals surface area contributed by atoms with E-state index < -0.39 is 5.82 Å². The predicted molar refractivity (Wildman–Crippen MR) is 96.4 cm³/mol. The zero-order valence-corrected chi connectivity index (χ0v) is 15.2. The molecule has 3 aliphatic rings. The molecule has 0 aromatic heterocycles. The largest absolute Gasteiger partial charge is 0.352 e. The van der Waals surface area contributed by atoms with E-state index in [0.717, 1.165) is 19.3 Å². The van der Waals surface area contributed by atoms with Crippen molar-refractivity contribution in [2.45, 2.75) is 44.6 Å². The van der Waals surface area contributed by atoms with E-state index in [1.165, 1.54) is 42.0 Å². The van der Waals surface area contributed by atoms with E-state index in [2.05, 4.69) is 10.6 Å². The monoisotopic (exact) mass is 373 g/mol. The molecule has 1 heterocycles. The number of hydrogen-bond donors (Lipinski definition) is 2. The summed E-state index contributed by atoms with van der Waals surface area (Å²) in [6.07, 6.45) is 5.73. The van der Waals surface area contributed by atoms with Gasteiger partial charge in [-0.05, 0) is 62.1 Å². The lowest BCUT2D eigenvalue weighted by Crippen LogP contribution is -2.61. The molecular weight excluding hydrogens is 349 g/mol. The smallest absolute Gasteiger partial charge is 0.324 e. The minimum Gasteiger partial charge on any atom is -0.352 e. The van der Waals surface area contributed by atoms with Gasteiger partial charge in [0.1, 0.15) is 5.82 Å². The molecule has 2 aliphatic carbocycles. The van der Waals surface area contributed by atoms with Gasteiger partial charge in [-0.1, -0.05) is 6.07 Å². The molecule has 1 saturated heterocycles. The topological polar surface area (TPSA) is 78.5 Å². The maximum absolute atomic E-state index is 13.2. The van der Waals surface area contributed by atoms with Crippen LogP contribution in [0.4, 0.5) is 9.18 Å². The molecule has 1 aliphatic heterocycles. The molecule has 2 N–H and O–H groups in total. The van der Waals surface area contributed by atoms with Crippen LogP contribution in [0.3, 0.4) is 0 Å². The maximum Gasteiger partial charge on any atom is 0.324 e. The van der Waals surface area contributed by atoms with E-state index >= 15 is 0 Å². The highest BCUT2D eigenvalue weighted by Gasteiger charge is 2.53. The van der Waals surface area contributed by atoms with Crippen molar-refractivity contribution in [1.82, 2.24) is 15.5 Å². The number of amides is 4. The molecule has 3 fully saturated rings. The third kappa shape index (κ3) is 3.68. The Hall–Kier alpha value is -2.44. The normalized spacial score (nSPS) is 25.7. The second-order valence-corrected chi connectivity index (χ2v) is 8.01. The zero-order chi connectivity index (χ0) is 19.0. The summed E-state index contributed by atoms with van der Waals surface area (Å²) < 4.78 is 13.2. The van der Waals surface area contributed by atoms with Crippen molar-refractivity contribution in [3.05, 3.63) is 35.6 Å². The second-order valence-electron chi connectivity index (χ2n) is 8.01. The molecule has 6 nitrogen and oxygen atoms in total. The highest BCUT2D eigenvalue weighted by molar-refractivity contribution is 5.98. The third-order valence-electron chi connectivity index (χ3n) is 6.15. The van der Waals surface area contributed by atoms with Gasteiger partial charge in [-0.2, -0.15) is 0 Å². The van der Waals surface area contributed by atoms with Gasteiger partial charge in [0.25, 0.3) is 5.91 Å². The van der Waals surface area contributed by atoms with Gasteiger partial charge >= 0.3 is 6.03 Å². The molecule has 1 spiro atoms. The lowest BCUT2D eigenvalue weighted by Gasteiger charge is -2.42. The fraction of sp³-hybridized carbons (Fsp3) is 0.550. The molecule has 0 bridgehead atoms. The Kier molecular flexibility index (Phi) is 4.61. The Labute approximate surface area is 157 Å². The first-order valence-electron chi connectivity index (χ1n) is 9.63. The Morgan fingerprint density at radius 3 is 2.85 bits per heavy atom. The second kappa shape index (κ2) is 6.94. The summed E-state index contributed by atoms with van der Waals surface area (Å²) in [5.41, 5.74) is 0.602. The average Bonchev–Trinajstić information content (AvgIpc) is 3.40. The maximum atomic E-state index is 13.2. The highest BCUT2D eigenvalue weighted by Crippen LogP contribution is 2.58. The van der Waals surface area contributed by atoms with E-state index in [-0.39, 0.29) is 41.9 Å². The van der Waals surface area contributed by atoms with Crippen LogP contribution < -0.4 is 10.6 Å². The number of nitrogens with zero attached hydrogens (tertiary/aromatic N) is 1. The predicted octanol–water partition coefficient (Wildman–Crippen LogP) is 2.45. The summed E-state index contributed by atoms with van der Waals surface area (Å²) >= 11 is 0. The van der Waals surface area contributed by atoms with Crippen LogP contribution >= 0.6 is 0 Å².